The highest BCUT2D eigenvalue weighted by molar-refractivity contribution is 7.22. The Labute approximate surface area is 188 Å². The number of nitrogens with zero attached hydrogens (tertiary/aromatic N) is 4. The van der Waals surface area contributed by atoms with E-state index in [0.717, 1.165) is 36.8 Å². The van der Waals surface area contributed by atoms with Crippen LogP contribution < -0.4 is 10.2 Å². The predicted molar refractivity (Wildman–Crippen MR) is 123 cm³/mol. The maximum absolute atomic E-state index is 12.4. The number of benzene rings is 2. The molecular formula is C21H22ClN5O3S. The number of halogens is 1. The Kier molecular flexibility index (Phi) is 6.35. The number of hydrogen-bond acceptors (Lipinski definition) is 7. The Balaban J connectivity index is 1.28. The third kappa shape index (κ3) is 4.79. The standard InChI is InChI=1S/C21H22ClN5O3S/c1-14-3-2-4-18-19(14)24-21(31-18)26-11-9-25(10-12-26)8-7-23-20(28)16-13-15(27(29)30)5-6-17(16)22/h2-6,13H,7-12H2,1H3,(H,23,28). The van der Waals surface area contributed by atoms with Crippen LogP contribution in [-0.4, -0.2) is 60.0 Å². The number of fused-ring (bicyclic) bond motifs is 1. The van der Waals surface area contributed by atoms with Gasteiger partial charge in [-0.3, -0.25) is 19.8 Å². The van der Waals surface area contributed by atoms with E-state index >= 15 is 0 Å². The molecular weight excluding hydrogens is 438 g/mol. The Morgan fingerprint density at radius 1 is 1.26 bits per heavy atom. The SMILES string of the molecule is Cc1cccc2sc(N3CCN(CCNC(=O)c4cc([N+](=O)[O-])ccc4Cl)CC3)nc12. The topological polar surface area (TPSA) is 91.6 Å². The maximum atomic E-state index is 12.4. The number of piperazine rings is 1. The normalized spacial score (nSPS) is 14.7. The summed E-state index contributed by atoms with van der Waals surface area (Å²) in [6, 6.07) is 10.1. The van der Waals surface area contributed by atoms with E-state index in [1.807, 2.05) is 0 Å². The van der Waals surface area contributed by atoms with Crippen LogP contribution >= 0.6 is 22.9 Å². The summed E-state index contributed by atoms with van der Waals surface area (Å²) >= 11 is 7.75. The molecule has 1 aliphatic heterocycles. The quantitative estimate of drug-likeness (QED) is 0.446. The van der Waals surface area contributed by atoms with Crippen molar-refractivity contribution in [1.29, 1.82) is 0 Å². The molecule has 0 bridgehead atoms. The zero-order chi connectivity index (χ0) is 22.0. The second-order valence-electron chi connectivity index (χ2n) is 7.42. The summed E-state index contributed by atoms with van der Waals surface area (Å²) < 4.78 is 1.21. The number of aryl methyl sites for hydroxylation is 1. The second-order valence-corrected chi connectivity index (χ2v) is 8.84. The molecule has 0 aliphatic carbocycles. The van der Waals surface area contributed by atoms with E-state index in [1.165, 1.54) is 28.5 Å². The van der Waals surface area contributed by atoms with Gasteiger partial charge in [0, 0.05) is 51.4 Å². The minimum absolute atomic E-state index is 0.117. The molecule has 2 heterocycles. The molecule has 1 saturated heterocycles. The van der Waals surface area contributed by atoms with Crippen molar-refractivity contribution in [2.24, 2.45) is 0 Å². The minimum Gasteiger partial charge on any atom is -0.351 e. The Morgan fingerprint density at radius 2 is 2.03 bits per heavy atom. The third-order valence-electron chi connectivity index (χ3n) is 5.37. The summed E-state index contributed by atoms with van der Waals surface area (Å²) in [7, 11) is 0. The van der Waals surface area contributed by atoms with Gasteiger partial charge in [0.1, 0.15) is 0 Å². The number of anilines is 1. The summed E-state index contributed by atoms with van der Waals surface area (Å²) in [4.78, 5) is 32.2. The van der Waals surface area contributed by atoms with Crippen LogP contribution in [0.15, 0.2) is 36.4 Å². The van der Waals surface area contributed by atoms with Crippen LogP contribution in [0.5, 0.6) is 0 Å². The van der Waals surface area contributed by atoms with Crippen LogP contribution in [0.1, 0.15) is 15.9 Å². The van der Waals surface area contributed by atoms with Gasteiger partial charge in [-0.25, -0.2) is 4.98 Å². The lowest BCUT2D eigenvalue weighted by atomic mass is 10.2. The first kappa shape index (κ1) is 21.5. The molecule has 1 aromatic heterocycles. The van der Waals surface area contributed by atoms with Crippen molar-refractivity contribution < 1.29 is 9.72 Å². The molecule has 1 fully saturated rings. The summed E-state index contributed by atoms with van der Waals surface area (Å²) in [5, 5.41) is 15.0. The number of para-hydroxylation sites is 1. The fraction of sp³-hybridized carbons (Fsp3) is 0.333. The number of non-ortho nitro benzene ring substituents is 1. The molecule has 0 saturated carbocycles. The van der Waals surface area contributed by atoms with Crippen LogP contribution in [0, 0.1) is 17.0 Å². The fourth-order valence-electron chi connectivity index (χ4n) is 3.60. The van der Waals surface area contributed by atoms with E-state index < -0.39 is 10.8 Å². The van der Waals surface area contributed by atoms with Gasteiger partial charge >= 0.3 is 0 Å². The number of carbonyl (C=O) groups excluding carboxylic acids is 1. The summed E-state index contributed by atoms with van der Waals surface area (Å²) in [5.41, 5.74) is 2.23. The molecule has 0 atom stereocenters. The molecule has 162 valence electrons. The van der Waals surface area contributed by atoms with Gasteiger partial charge in [0.2, 0.25) is 0 Å². The average Bonchev–Trinajstić information content (AvgIpc) is 3.20. The van der Waals surface area contributed by atoms with Crippen LogP contribution in [-0.2, 0) is 0 Å². The molecule has 1 amide bonds. The summed E-state index contributed by atoms with van der Waals surface area (Å²) in [6.45, 7) is 6.74. The highest BCUT2D eigenvalue weighted by Crippen LogP contribution is 2.31. The molecule has 4 rings (SSSR count). The van der Waals surface area contributed by atoms with Crippen molar-refractivity contribution in [3.63, 3.8) is 0 Å². The number of hydrogen-bond donors (Lipinski definition) is 1. The number of aromatic nitrogens is 1. The van der Waals surface area contributed by atoms with E-state index in [0.29, 0.717) is 13.1 Å². The van der Waals surface area contributed by atoms with Gasteiger partial charge in [-0.2, -0.15) is 0 Å². The number of amides is 1. The number of thiazole rings is 1. The highest BCUT2D eigenvalue weighted by atomic mass is 35.5. The van der Waals surface area contributed by atoms with E-state index in [1.54, 1.807) is 11.3 Å². The first-order chi connectivity index (χ1) is 14.9. The average molecular weight is 460 g/mol. The fourth-order valence-corrected chi connectivity index (χ4v) is 4.89. The van der Waals surface area contributed by atoms with E-state index in [-0.39, 0.29) is 16.3 Å². The summed E-state index contributed by atoms with van der Waals surface area (Å²) in [6.07, 6.45) is 0. The lowest BCUT2D eigenvalue weighted by molar-refractivity contribution is -0.384. The number of nitrogens with one attached hydrogen (secondary N) is 1. The van der Waals surface area contributed by atoms with E-state index in [9.17, 15) is 14.9 Å². The van der Waals surface area contributed by atoms with Crippen molar-refractivity contribution in [3.8, 4) is 0 Å². The highest BCUT2D eigenvalue weighted by Gasteiger charge is 2.21. The Hall–Kier alpha value is -2.75. The first-order valence-electron chi connectivity index (χ1n) is 9.98. The van der Waals surface area contributed by atoms with Gasteiger partial charge in [0.05, 0.1) is 25.7 Å². The van der Waals surface area contributed by atoms with Gasteiger partial charge in [-0.15, -0.1) is 0 Å². The lowest BCUT2D eigenvalue weighted by Crippen LogP contribution is -2.48. The van der Waals surface area contributed by atoms with Crippen molar-refractivity contribution in [1.82, 2.24) is 15.2 Å². The largest absolute Gasteiger partial charge is 0.351 e. The number of rotatable bonds is 6. The molecule has 31 heavy (non-hydrogen) atoms. The van der Waals surface area contributed by atoms with Crippen molar-refractivity contribution in [2.75, 3.05) is 44.2 Å². The number of nitro groups is 1. The molecule has 0 radical (unpaired) electrons. The molecule has 1 N–H and O–H groups in total. The summed E-state index contributed by atoms with van der Waals surface area (Å²) in [5.74, 6) is -0.405. The van der Waals surface area contributed by atoms with Gasteiger partial charge < -0.3 is 10.2 Å². The maximum Gasteiger partial charge on any atom is 0.270 e. The van der Waals surface area contributed by atoms with Crippen molar-refractivity contribution in [3.05, 3.63) is 62.7 Å². The van der Waals surface area contributed by atoms with Gasteiger partial charge in [0.15, 0.2) is 5.13 Å². The lowest BCUT2D eigenvalue weighted by Gasteiger charge is -2.34. The van der Waals surface area contributed by atoms with Gasteiger partial charge in [0.25, 0.3) is 11.6 Å². The molecule has 2 aromatic carbocycles. The zero-order valence-electron chi connectivity index (χ0n) is 17.0. The van der Waals surface area contributed by atoms with Gasteiger partial charge in [-0.1, -0.05) is 35.1 Å². The minimum atomic E-state index is -0.542. The van der Waals surface area contributed by atoms with Crippen LogP contribution in [0.25, 0.3) is 10.2 Å². The third-order valence-corrected chi connectivity index (χ3v) is 6.78. The molecule has 1 aliphatic rings. The number of carbonyl (C=O) groups is 1. The molecule has 8 nitrogen and oxygen atoms in total. The second kappa shape index (κ2) is 9.17. The van der Waals surface area contributed by atoms with E-state index in [2.05, 4.69) is 40.2 Å². The smallest absolute Gasteiger partial charge is 0.270 e. The van der Waals surface area contributed by atoms with Crippen LogP contribution in [0.4, 0.5) is 10.8 Å². The molecule has 3 aromatic rings. The Morgan fingerprint density at radius 3 is 2.74 bits per heavy atom. The number of nitro benzene ring substituents is 1. The molecule has 0 unspecified atom stereocenters. The van der Waals surface area contributed by atoms with Crippen LogP contribution in [0.2, 0.25) is 5.02 Å². The monoisotopic (exact) mass is 459 g/mol. The zero-order valence-corrected chi connectivity index (χ0v) is 18.6. The van der Waals surface area contributed by atoms with E-state index in [4.69, 9.17) is 16.6 Å². The first-order valence-corrected chi connectivity index (χ1v) is 11.2. The van der Waals surface area contributed by atoms with Crippen molar-refractivity contribution >= 4 is 49.9 Å². The molecule has 10 heteroatoms. The Bertz CT molecular complexity index is 1130. The van der Waals surface area contributed by atoms with Crippen molar-refractivity contribution in [2.45, 2.75) is 6.92 Å². The van der Waals surface area contributed by atoms with Crippen LogP contribution in [0.3, 0.4) is 0 Å². The van der Waals surface area contributed by atoms with Gasteiger partial charge in [-0.05, 0) is 24.6 Å². The predicted octanol–water partition coefficient (Wildman–Crippen LogP) is 3.72. The molecule has 0 spiro atoms.